The fourth-order valence-corrected chi connectivity index (χ4v) is 4.00. The van der Waals surface area contributed by atoms with Crippen LogP contribution in [0.5, 0.6) is 0 Å². The predicted octanol–water partition coefficient (Wildman–Crippen LogP) is 7.04. The van der Waals surface area contributed by atoms with E-state index >= 15 is 0 Å². The Bertz CT molecular complexity index is 773. The molecule has 31 heavy (non-hydrogen) atoms. The molecule has 0 amide bonds. The zero-order valence-electron chi connectivity index (χ0n) is 19.1. The van der Waals surface area contributed by atoms with Gasteiger partial charge in [-0.15, -0.1) is 0 Å². The topological polar surface area (TPSA) is 44.2 Å². The van der Waals surface area contributed by atoms with Crippen LogP contribution in [0, 0.1) is 11.9 Å². The summed E-state index contributed by atoms with van der Waals surface area (Å²) in [5, 5.41) is 0. The van der Waals surface area contributed by atoms with Crippen LogP contribution < -0.4 is 0 Å². The fourth-order valence-electron chi connectivity index (χ4n) is 4.00. The Morgan fingerprint density at radius 3 is 2.26 bits per heavy atom. The lowest BCUT2D eigenvalue weighted by Crippen LogP contribution is -2.27. The van der Waals surface area contributed by atoms with Crippen molar-refractivity contribution in [2.45, 2.75) is 84.3 Å². The Morgan fingerprint density at radius 2 is 1.58 bits per heavy atom. The molecule has 0 bridgehead atoms. The van der Waals surface area contributed by atoms with Crippen molar-refractivity contribution in [3.63, 3.8) is 0 Å². The third-order valence-corrected chi connectivity index (χ3v) is 5.97. The van der Waals surface area contributed by atoms with E-state index in [4.69, 9.17) is 9.47 Å². The van der Waals surface area contributed by atoms with Crippen LogP contribution in [0.4, 0.5) is 4.39 Å². The molecule has 0 atom stereocenters. The molecule has 1 saturated heterocycles. The average Bonchev–Trinajstić information content (AvgIpc) is 2.80. The van der Waals surface area contributed by atoms with E-state index in [-0.39, 0.29) is 6.29 Å². The number of halogens is 1. The highest BCUT2D eigenvalue weighted by molar-refractivity contribution is 5.62. The molecule has 1 aliphatic rings. The summed E-state index contributed by atoms with van der Waals surface area (Å²) in [7, 11) is 0. The highest BCUT2D eigenvalue weighted by Crippen LogP contribution is 2.29. The molecule has 0 radical (unpaired) electrons. The molecule has 2 aromatic rings. The van der Waals surface area contributed by atoms with Crippen LogP contribution in [0.1, 0.15) is 89.3 Å². The van der Waals surface area contributed by atoms with Gasteiger partial charge in [0.25, 0.3) is 0 Å². The highest BCUT2D eigenvalue weighted by atomic mass is 19.1. The van der Waals surface area contributed by atoms with Gasteiger partial charge in [-0.1, -0.05) is 83.1 Å². The number of rotatable bonds is 12. The fraction of sp³-hybridized carbons (Fsp3) is 0.615. The molecule has 1 aromatic heterocycles. The van der Waals surface area contributed by atoms with Gasteiger partial charge >= 0.3 is 0 Å². The first-order valence-electron chi connectivity index (χ1n) is 12.1. The lowest BCUT2D eigenvalue weighted by atomic mass is 10.0. The highest BCUT2D eigenvalue weighted by Gasteiger charge is 2.23. The van der Waals surface area contributed by atoms with Crippen LogP contribution in [-0.4, -0.2) is 23.2 Å². The molecule has 3 rings (SSSR count). The van der Waals surface area contributed by atoms with Crippen molar-refractivity contribution >= 4 is 0 Å². The Kier molecular flexibility index (Phi) is 9.88. The summed E-state index contributed by atoms with van der Waals surface area (Å²) >= 11 is 0. The number of ether oxygens (including phenoxy) is 2. The Morgan fingerprint density at radius 1 is 0.903 bits per heavy atom. The number of nitrogens with zero attached hydrogens (tertiary/aromatic N) is 2. The van der Waals surface area contributed by atoms with Crippen LogP contribution in [0.3, 0.4) is 0 Å². The second kappa shape index (κ2) is 12.9. The van der Waals surface area contributed by atoms with Crippen molar-refractivity contribution < 1.29 is 13.9 Å². The van der Waals surface area contributed by atoms with E-state index in [9.17, 15) is 4.39 Å². The maximum absolute atomic E-state index is 14.6. The average molecular weight is 429 g/mol. The first kappa shape index (κ1) is 23.8. The second-order valence-corrected chi connectivity index (χ2v) is 8.64. The molecule has 0 unspecified atom stereocenters. The molecule has 0 aliphatic carbocycles. The van der Waals surface area contributed by atoms with Crippen molar-refractivity contribution in [1.29, 1.82) is 0 Å². The van der Waals surface area contributed by atoms with Gasteiger partial charge in [-0.25, -0.2) is 9.97 Å². The number of hydrogen-bond acceptors (Lipinski definition) is 4. The van der Waals surface area contributed by atoms with E-state index in [2.05, 4.69) is 23.8 Å². The van der Waals surface area contributed by atoms with Crippen molar-refractivity contribution in [2.75, 3.05) is 13.2 Å². The normalized spacial score (nSPS) is 18.9. The Hall–Kier alpha value is -1.85. The SMILES string of the molecule is CCCCCCCc1ncc(-c2ccc(C3OCC(CCCCC)CO3)cc2)c(F)n1. The van der Waals surface area contributed by atoms with Crippen LogP contribution >= 0.6 is 0 Å². The quantitative estimate of drug-likeness (QED) is 0.269. The number of unbranched alkanes of at least 4 members (excludes halogenated alkanes) is 6. The van der Waals surface area contributed by atoms with Crippen molar-refractivity contribution in [3.05, 3.63) is 47.8 Å². The molecule has 0 N–H and O–H groups in total. The number of aromatic nitrogens is 2. The van der Waals surface area contributed by atoms with Gasteiger partial charge in [0.05, 0.1) is 18.8 Å². The third kappa shape index (κ3) is 7.36. The number of benzene rings is 1. The Balaban J connectivity index is 1.52. The van der Waals surface area contributed by atoms with Gasteiger partial charge in [-0.05, 0) is 18.4 Å². The molecule has 1 aromatic carbocycles. The first-order chi connectivity index (χ1) is 15.2. The summed E-state index contributed by atoms with van der Waals surface area (Å²) in [4.78, 5) is 8.48. The first-order valence-corrected chi connectivity index (χ1v) is 12.1. The monoisotopic (exact) mass is 428 g/mol. The largest absolute Gasteiger partial charge is 0.348 e. The molecule has 5 heteroatoms. The standard InChI is InChI=1S/C26H37FN2O2/c1-3-5-7-8-10-12-24-28-17-23(25(27)29-24)21-13-15-22(16-14-21)26-30-18-20(19-31-26)11-9-6-4-2/h13-17,20,26H,3-12,18-19H2,1-2H3. The summed E-state index contributed by atoms with van der Waals surface area (Å²) in [5.41, 5.74) is 2.16. The molecule has 0 spiro atoms. The van der Waals surface area contributed by atoms with Crippen LogP contribution in [0.2, 0.25) is 0 Å². The molecular formula is C26H37FN2O2. The molecule has 4 nitrogen and oxygen atoms in total. The lowest BCUT2D eigenvalue weighted by Gasteiger charge is -2.29. The summed E-state index contributed by atoms with van der Waals surface area (Å²) in [6.45, 7) is 5.89. The summed E-state index contributed by atoms with van der Waals surface area (Å²) in [5.74, 6) is 0.622. The summed E-state index contributed by atoms with van der Waals surface area (Å²) in [6, 6.07) is 7.67. The van der Waals surface area contributed by atoms with E-state index in [1.54, 1.807) is 6.20 Å². The minimum atomic E-state index is -0.452. The van der Waals surface area contributed by atoms with Crippen molar-refractivity contribution in [1.82, 2.24) is 9.97 Å². The van der Waals surface area contributed by atoms with Crippen molar-refractivity contribution in [2.24, 2.45) is 5.92 Å². The minimum absolute atomic E-state index is 0.340. The van der Waals surface area contributed by atoms with Gasteiger partial charge in [0.15, 0.2) is 6.29 Å². The number of hydrogen-bond donors (Lipinski definition) is 0. The van der Waals surface area contributed by atoms with Crippen molar-refractivity contribution in [3.8, 4) is 11.1 Å². The van der Waals surface area contributed by atoms with Crippen LogP contribution in [-0.2, 0) is 15.9 Å². The molecule has 1 fully saturated rings. The van der Waals surface area contributed by atoms with E-state index in [1.807, 2.05) is 24.3 Å². The van der Waals surface area contributed by atoms with Crippen LogP contribution in [0.15, 0.2) is 30.5 Å². The maximum atomic E-state index is 14.6. The molecule has 0 saturated carbocycles. The number of aryl methyl sites for hydroxylation is 1. The van der Waals surface area contributed by atoms with Gasteiger partial charge < -0.3 is 9.47 Å². The van der Waals surface area contributed by atoms with Gasteiger partial charge in [-0.3, -0.25) is 0 Å². The predicted molar refractivity (Wildman–Crippen MR) is 122 cm³/mol. The zero-order chi connectivity index (χ0) is 21.9. The van der Waals surface area contributed by atoms with E-state index < -0.39 is 5.95 Å². The molecular weight excluding hydrogens is 391 g/mol. The maximum Gasteiger partial charge on any atom is 0.224 e. The second-order valence-electron chi connectivity index (χ2n) is 8.64. The van der Waals surface area contributed by atoms with E-state index in [1.165, 1.54) is 38.5 Å². The summed E-state index contributed by atoms with van der Waals surface area (Å²) < 4.78 is 26.5. The zero-order valence-corrected chi connectivity index (χ0v) is 19.1. The smallest absolute Gasteiger partial charge is 0.224 e. The van der Waals surface area contributed by atoms with Gasteiger partial charge in [0, 0.05) is 24.1 Å². The summed E-state index contributed by atoms with van der Waals surface area (Å²) in [6.07, 6.45) is 12.7. The molecule has 170 valence electrons. The molecule has 2 heterocycles. The van der Waals surface area contributed by atoms with Crippen LogP contribution in [0.25, 0.3) is 11.1 Å². The van der Waals surface area contributed by atoms with Gasteiger partial charge in [-0.2, -0.15) is 4.39 Å². The van der Waals surface area contributed by atoms with Gasteiger partial charge in [0.1, 0.15) is 5.82 Å². The minimum Gasteiger partial charge on any atom is -0.348 e. The lowest BCUT2D eigenvalue weighted by molar-refractivity contribution is -0.206. The third-order valence-electron chi connectivity index (χ3n) is 5.97. The Labute approximate surface area is 186 Å². The molecule has 1 aliphatic heterocycles. The van der Waals surface area contributed by atoms with E-state index in [0.29, 0.717) is 17.3 Å². The van der Waals surface area contributed by atoms with Gasteiger partial charge in [0.2, 0.25) is 5.95 Å². The van der Waals surface area contributed by atoms with E-state index in [0.717, 1.165) is 50.0 Å².